The van der Waals surface area contributed by atoms with Gasteiger partial charge in [0, 0.05) is 32.7 Å². The highest BCUT2D eigenvalue weighted by molar-refractivity contribution is 6.12. The van der Waals surface area contributed by atoms with Crippen molar-refractivity contribution >= 4 is 43.6 Å². The van der Waals surface area contributed by atoms with Crippen LogP contribution in [0.15, 0.2) is 103 Å². The molecule has 3 nitrogen and oxygen atoms in total. The number of nitriles is 1. The fourth-order valence-corrected chi connectivity index (χ4v) is 7.32. The van der Waals surface area contributed by atoms with Crippen molar-refractivity contribution < 1.29 is 17.6 Å². The molecule has 49 heavy (non-hydrogen) atoms. The number of fused-ring (bicyclic) bond motifs is 6. The van der Waals surface area contributed by atoms with Gasteiger partial charge in [-0.15, -0.1) is 0 Å². The van der Waals surface area contributed by atoms with Gasteiger partial charge >= 0.3 is 6.18 Å². The summed E-state index contributed by atoms with van der Waals surface area (Å²) in [5.41, 5.74) is 6.11. The Bertz CT molecular complexity index is 2450. The molecule has 0 N–H and O–H groups in total. The summed E-state index contributed by atoms with van der Waals surface area (Å²) in [4.78, 5) is 0. The molecular formula is C42H29F4N3. The second-order valence-electron chi connectivity index (χ2n) is 12.9. The monoisotopic (exact) mass is 651 g/mol. The lowest BCUT2D eigenvalue weighted by molar-refractivity contribution is -0.137. The first-order valence-electron chi connectivity index (χ1n) is 15.9. The Hall–Kier alpha value is -5.87. The van der Waals surface area contributed by atoms with Crippen LogP contribution < -0.4 is 0 Å². The average Bonchev–Trinajstić information content (AvgIpc) is 3.54. The van der Waals surface area contributed by atoms with Gasteiger partial charge in [0.25, 0.3) is 0 Å². The summed E-state index contributed by atoms with van der Waals surface area (Å²) >= 11 is 0. The first-order chi connectivity index (χ1) is 23.4. The molecule has 0 aliphatic heterocycles. The van der Waals surface area contributed by atoms with Crippen LogP contribution in [0.5, 0.6) is 0 Å². The SMILES string of the molecule is Cc1ccc2c(c1)c1cc(C)ccc1n2-c1cc(C#N)cc(-n2c3ccc(C)cc3c3cc(C)ccc32)c1-c1c(F)cccc1C(F)(F)F. The Labute approximate surface area is 279 Å². The van der Waals surface area contributed by atoms with Crippen LogP contribution >= 0.6 is 0 Å². The summed E-state index contributed by atoms with van der Waals surface area (Å²) in [7, 11) is 0. The second kappa shape index (κ2) is 10.8. The highest BCUT2D eigenvalue weighted by atomic mass is 19.4. The highest BCUT2D eigenvalue weighted by Crippen LogP contribution is 2.47. The van der Waals surface area contributed by atoms with Gasteiger partial charge in [-0.05, 0) is 100 Å². The molecule has 0 fully saturated rings. The summed E-state index contributed by atoms with van der Waals surface area (Å²) in [6, 6.07) is 32.2. The van der Waals surface area contributed by atoms with Crippen molar-refractivity contribution in [3.63, 3.8) is 0 Å². The fraction of sp³-hybridized carbons (Fsp3) is 0.119. The molecule has 0 amide bonds. The summed E-state index contributed by atoms with van der Waals surface area (Å²) < 4.78 is 65.0. The van der Waals surface area contributed by atoms with E-state index in [0.29, 0.717) is 0 Å². The van der Waals surface area contributed by atoms with Gasteiger partial charge < -0.3 is 9.13 Å². The third-order valence-electron chi connectivity index (χ3n) is 9.43. The Morgan fingerprint density at radius 3 is 1.27 bits per heavy atom. The van der Waals surface area contributed by atoms with Crippen molar-refractivity contribution in [3.8, 4) is 28.6 Å². The minimum Gasteiger partial charge on any atom is -0.308 e. The van der Waals surface area contributed by atoms with E-state index >= 15 is 4.39 Å². The molecule has 0 saturated heterocycles. The molecule has 2 heterocycles. The van der Waals surface area contributed by atoms with Crippen LogP contribution in [-0.2, 0) is 6.18 Å². The molecule has 0 aliphatic rings. The van der Waals surface area contributed by atoms with Crippen LogP contribution in [0.2, 0.25) is 0 Å². The van der Waals surface area contributed by atoms with Crippen LogP contribution in [0.4, 0.5) is 17.6 Å². The van der Waals surface area contributed by atoms with Crippen molar-refractivity contribution in [1.82, 2.24) is 9.13 Å². The normalized spacial score (nSPS) is 12.1. The number of aryl methyl sites for hydroxylation is 4. The average molecular weight is 652 g/mol. The van der Waals surface area contributed by atoms with E-state index in [9.17, 15) is 18.4 Å². The molecule has 0 unspecified atom stereocenters. The minimum absolute atomic E-state index is 0.0318. The molecule has 0 atom stereocenters. The highest BCUT2D eigenvalue weighted by Gasteiger charge is 2.37. The van der Waals surface area contributed by atoms with Gasteiger partial charge in [-0.25, -0.2) is 4.39 Å². The summed E-state index contributed by atoms with van der Waals surface area (Å²) in [5, 5.41) is 14.1. The smallest absolute Gasteiger partial charge is 0.308 e. The van der Waals surface area contributed by atoms with Gasteiger partial charge in [0.1, 0.15) is 5.82 Å². The lowest BCUT2D eigenvalue weighted by atomic mass is 9.93. The summed E-state index contributed by atoms with van der Waals surface area (Å²) in [5.74, 6) is -1.01. The van der Waals surface area contributed by atoms with Crippen molar-refractivity contribution in [2.24, 2.45) is 0 Å². The molecular weight excluding hydrogens is 622 g/mol. The predicted molar refractivity (Wildman–Crippen MR) is 189 cm³/mol. The third kappa shape index (κ3) is 4.70. The Kier molecular flexibility index (Phi) is 6.73. The Morgan fingerprint density at radius 1 is 0.531 bits per heavy atom. The van der Waals surface area contributed by atoms with Crippen molar-refractivity contribution in [2.45, 2.75) is 33.9 Å². The number of nitrogens with zero attached hydrogens (tertiary/aromatic N) is 3. The van der Waals surface area contributed by atoms with E-state index in [-0.39, 0.29) is 22.5 Å². The van der Waals surface area contributed by atoms with Crippen molar-refractivity contribution in [2.75, 3.05) is 0 Å². The van der Waals surface area contributed by atoms with Crippen LogP contribution in [0, 0.1) is 44.8 Å². The molecule has 0 spiro atoms. The van der Waals surface area contributed by atoms with E-state index < -0.39 is 23.1 Å². The van der Waals surface area contributed by atoms with Gasteiger partial charge in [0.2, 0.25) is 0 Å². The van der Waals surface area contributed by atoms with Crippen LogP contribution in [0.3, 0.4) is 0 Å². The largest absolute Gasteiger partial charge is 0.417 e. The van der Waals surface area contributed by atoms with Crippen LogP contribution in [-0.4, -0.2) is 9.13 Å². The van der Waals surface area contributed by atoms with Gasteiger partial charge in [-0.1, -0.05) is 52.6 Å². The molecule has 0 aliphatic carbocycles. The molecule has 2 aromatic heterocycles. The van der Waals surface area contributed by atoms with E-state index in [2.05, 4.69) is 6.07 Å². The number of rotatable bonds is 3. The molecule has 8 rings (SSSR count). The lowest BCUT2D eigenvalue weighted by Crippen LogP contribution is -2.12. The Balaban J connectivity index is 1.65. The van der Waals surface area contributed by atoms with Gasteiger partial charge in [0.15, 0.2) is 0 Å². The first kappa shape index (κ1) is 30.5. The molecule has 8 aromatic rings. The lowest BCUT2D eigenvalue weighted by Gasteiger charge is -2.23. The van der Waals surface area contributed by atoms with E-state index in [1.165, 1.54) is 0 Å². The zero-order chi connectivity index (χ0) is 34.4. The maximum atomic E-state index is 16.4. The fourth-order valence-electron chi connectivity index (χ4n) is 7.32. The van der Waals surface area contributed by atoms with Crippen LogP contribution in [0.1, 0.15) is 33.4 Å². The van der Waals surface area contributed by atoms with E-state index in [1.54, 1.807) is 12.1 Å². The Morgan fingerprint density at radius 2 is 0.918 bits per heavy atom. The zero-order valence-electron chi connectivity index (χ0n) is 27.2. The van der Waals surface area contributed by atoms with Gasteiger partial charge in [-0.3, -0.25) is 0 Å². The number of hydrogen-bond donors (Lipinski definition) is 0. The van der Waals surface area contributed by atoms with Crippen molar-refractivity contribution in [1.29, 1.82) is 5.26 Å². The molecule has 0 saturated carbocycles. The van der Waals surface area contributed by atoms with E-state index in [4.69, 9.17) is 0 Å². The van der Waals surface area contributed by atoms with Crippen molar-refractivity contribution in [3.05, 3.63) is 142 Å². The number of aromatic nitrogens is 2. The standard InChI is InChI=1S/C42H29F4N3/c1-23-8-12-34-28(16-23)29-17-24(2)9-13-35(29)48(34)38-20-27(22-47)21-39(41(38)40-32(42(44,45)46)6-5-7-33(40)43)49-36-14-10-25(3)18-30(36)31-19-26(4)11-15-37(31)49/h5-21H,1-4H3. The molecule has 240 valence electrons. The molecule has 6 aromatic carbocycles. The topological polar surface area (TPSA) is 33.6 Å². The maximum Gasteiger partial charge on any atom is 0.417 e. The molecule has 7 heteroatoms. The summed E-state index contributed by atoms with van der Waals surface area (Å²) in [6.07, 6.45) is -4.87. The first-order valence-corrected chi connectivity index (χ1v) is 15.9. The van der Waals surface area contributed by atoms with E-state index in [0.717, 1.165) is 84.1 Å². The maximum absolute atomic E-state index is 16.4. The number of benzene rings is 6. The predicted octanol–water partition coefficient (Wildman–Crippen LogP) is 11.8. The molecule has 0 radical (unpaired) electrons. The van der Waals surface area contributed by atoms with E-state index in [1.807, 2.05) is 110 Å². The van der Waals surface area contributed by atoms with Gasteiger partial charge in [0.05, 0.1) is 50.6 Å². The zero-order valence-corrected chi connectivity index (χ0v) is 27.2. The quantitative estimate of drug-likeness (QED) is 0.175. The minimum atomic E-state index is -4.87. The molecule has 0 bridgehead atoms. The van der Waals surface area contributed by atoms with Gasteiger partial charge in [-0.2, -0.15) is 18.4 Å². The van der Waals surface area contributed by atoms with Crippen LogP contribution in [0.25, 0.3) is 66.1 Å². The number of halogens is 4. The number of hydrogen-bond acceptors (Lipinski definition) is 1. The third-order valence-corrected chi connectivity index (χ3v) is 9.43. The number of alkyl halides is 3. The summed E-state index contributed by atoms with van der Waals surface area (Å²) in [6.45, 7) is 7.94. The second-order valence-corrected chi connectivity index (χ2v) is 12.9.